The van der Waals surface area contributed by atoms with Gasteiger partial charge < -0.3 is 9.42 Å². The Morgan fingerprint density at radius 2 is 1.18 bits per heavy atom. The van der Waals surface area contributed by atoms with Crippen LogP contribution in [0.25, 0.3) is 22.3 Å². The van der Waals surface area contributed by atoms with E-state index in [9.17, 15) is 9.46 Å². The molecule has 0 amide bonds. The van der Waals surface area contributed by atoms with E-state index in [4.69, 9.17) is 4.52 Å². The van der Waals surface area contributed by atoms with Gasteiger partial charge in [0.15, 0.2) is 0 Å². The molecule has 146 valence electrons. The van der Waals surface area contributed by atoms with Crippen molar-refractivity contribution in [2.45, 2.75) is 41.5 Å². The van der Waals surface area contributed by atoms with Gasteiger partial charge in [-0.3, -0.25) is 0 Å². The molecule has 28 heavy (non-hydrogen) atoms. The van der Waals surface area contributed by atoms with Crippen LogP contribution in [0.3, 0.4) is 0 Å². The largest absolute Gasteiger partial charge is 0.426 e. The Labute approximate surface area is 168 Å². The highest BCUT2D eigenvalue weighted by molar-refractivity contribution is 7.32. The van der Waals surface area contributed by atoms with Gasteiger partial charge in [0.2, 0.25) is 0 Å². The summed E-state index contributed by atoms with van der Waals surface area (Å²) in [6, 6.07) is 14.3. The Balaban J connectivity index is 2.43. The number of aryl methyl sites for hydroxylation is 6. The maximum absolute atomic E-state index is 11.6. The number of benzene rings is 3. The number of rotatable bonds is 4. The molecular formula is C24H27O3P. The van der Waals surface area contributed by atoms with E-state index in [0.29, 0.717) is 5.75 Å². The topological polar surface area (TPSA) is 46.5 Å². The first kappa shape index (κ1) is 20.4. The molecule has 0 saturated heterocycles. The second-order valence-electron chi connectivity index (χ2n) is 7.59. The monoisotopic (exact) mass is 394 g/mol. The molecule has 0 aromatic heterocycles. The van der Waals surface area contributed by atoms with Crippen molar-refractivity contribution in [2.24, 2.45) is 0 Å². The second kappa shape index (κ2) is 7.95. The molecule has 0 aliphatic carbocycles. The summed E-state index contributed by atoms with van der Waals surface area (Å²) in [6.07, 6.45) is 0. The van der Waals surface area contributed by atoms with Crippen LogP contribution >= 0.6 is 8.25 Å². The highest BCUT2D eigenvalue weighted by atomic mass is 31.1. The van der Waals surface area contributed by atoms with Gasteiger partial charge in [-0.25, -0.2) is 4.57 Å². The van der Waals surface area contributed by atoms with Crippen LogP contribution in [0.2, 0.25) is 0 Å². The summed E-state index contributed by atoms with van der Waals surface area (Å²) in [5.74, 6) is 0.443. The van der Waals surface area contributed by atoms with Gasteiger partial charge in [0, 0.05) is 5.56 Å². The van der Waals surface area contributed by atoms with Crippen LogP contribution in [0.4, 0.5) is 0 Å². The van der Waals surface area contributed by atoms with Crippen LogP contribution in [-0.4, -0.2) is 4.89 Å². The summed E-state index contributed by atoms with van der Waals surface area (Å²) >= 11 is 0. The van der Waals surface area contributed by atoms with Gasteiger partial charge >= 0.3 is 8.25 Å². The Kier molecular flexibility index (Phi) is 5.79. The van der Waals surface area contributed by atoms with E-state index in [2.05, 4.69) is 71.9 Å². The van der Waals surface area contributed by atoms with Crippen LogP contribution in [-0.2, 0) is 4.57 Å². The van der Waals surface area contributed by atoms with Gasteiger partial charge in [-0.15, -0.1) is 0 Å². The van der Waals surface area contributed by atoms with Gasteiger partial charge in [-0.05, 0) is 86.6 Å². The lowest BCUT2D eigenvalue weighted by atomic mass is 9.85. The number of hydrogen-bond donors (Lipinski definition) is 1. The minimum atomic E-state index is -3.12. The van der Waals surface area contributed by atoms with Crippen LogP contribution in [0.15, 0.2) is 42.5 Å². The van der Waals surface area contributed by atoms with E-state index in [1.165, 1.54) is 22.3 Å². The van der Waals surface area contributed by atoms with Crippen LogP contribution in [0.1, 0.15) is 33.4 Å². The Morgan fingerprint density at radius 3 is 1.64 bits per heavy atom. The first-order valence-electron chi connectivity index (χ1n) is 9.39. The van der Waals surface area contributed by atoms with Gasteiger partial charge in [-0.2, -0.15) is 0 Å². The molecule has 3 aromatic rings. The predicted octanol–water partition coefficient (Wildman–Crippen LogP) is 6.63. The van der Waals surface area contributed by atoms with Crippen molar-refractivity contribution in [3.05, 3.63) is 75.8 Å². The van der Waals surface area contributed by atoms with Gasteiger partial charge in [0.1, 0.15) is 5.75 Å². The van der Waals surface area contributed by atoms with Crippen molar-refractivity contribution in [1.29, 1.82) is 0 Å². The summed E-state index contributed by atoms with van der Waals surface area (Å²) in [4.78, 5) is 9.49. The average Bonchev–Trinajstić information content (AvgIpc) is 2.54. The molecule has 0 bridgehead atoms. The molecule has 0 spiro atoms. The third kappa shape index (κ3) is 3.92. The van der Waals surface area contributed by atoms with Crippen LogP contribution in [0, 0.1) is 41.5 Å². The lowest BCUT2D eigenvalue weighted by Crippen LogP contribution is -1.98. The van der Waals surface area contributed by atoms with Crippen molar-refractivity contribution < 1.29 is 14.0 Å². The van der Waals surface area contributed by atoms with Gasteiger partial charge in [0.05, 0.1) is 0 Å². The van der Waals surface area contributed by atoms with Gasteiger partial charge in [0.25, 0.3) is 0 Å². The summed E-state index contributed by atoms with van der Waals surface area (Å²) in [5, 5.41) is 0. The van der Waals surface area contributed by atoms with E-state index < -0.39 is 8.25 Å². The molecule has 3 aromatic carbocycles. The first-order chi connectivity index (χ1) is 13.2. The van der Waals surface area contributed by atoms with E-state index in [1.807, 2.05) is 6.07 Å². The van der Waals surface area contributed by atoms with E-state index in [0.717, 1.165) is 33.4 Å². The quantitative estimate of drug-likeness (QED) is 0.505. The maximum atomic E-state index is 11.6. The van der Waals surface area contributed by atoms with Gasteiger partial charge in [-0.1, -0.05) is 47.5 Å². The first-order valence-corrected chi connectivity index (χ1v) is 10.7. The zero-order chi connectivity index (χ0) is 20.6. The molecular weight excluding hydrogens is 367 g/mol. The summed E-state index contributed by atoms with van der Waals surface area (Å²) in [6.45, 7) is 12.5. The lowest BCUT2D eigenvalue weighted by Gasteiger charge is -2.21. The molecule has 1 N–H and O–H groups in total. The van der Waals surface area contributed by atoms with E-state index >= 15 is 0 Å². The molecule has 1 unspecified atom stereocenters. The maximum Gasteiger partial charge on any atom is 0.365 e. The third-order valence-electron chi connectivity index (χ3n) is 5.10. The fourth-order valence-corrected chi connectivity index (χ4v) is 4.71. The average molecular weight is 394 g/mol. The molecule has 3 nitrogen and oxygen atoms in total. The Morgan fingerprint density at radius 1 is 0.714 bits per heavy atom. The van der Waals surface area contributed by atoms with Crippen molar-refractivity contribution in [2.75, 3.05) is 0 Å². The summed E-state index contributed by atoms with van der Waals surface area (Å²) < 4.78 is 17.0. The third-order valence-corrected chi connectivity index (χ3v) is 5.49. The van der Waals surface area contributed by atoms with Crippen molar-refractivity contribution in [3.63, 3.8) is 0 Å². The molecule has 3 rings (SSSR count). The molecule has 4 heteroatoms. The lowest BCUT2D eigenvalue weighted by molar-refractivity contribution is 0.411. The standard InChI is InChI=1S/C24H27O3P/c1-14-10-16(3)22(17(4)11-14)20-8-7-9-21(27-28(25)26)24(20)23-18(5)12-15(2)13-19(23)6/h7-13,28H,1-6H3,(H,25,26). The van der Waals surface area contributed by atoms with E-state index in [-0.39, 0.29) is 0 Å². The molecule has 0 radical (unpaired) electrons. The van der Waals surface area contributed by atoms with E-state index in [1.54, 1.807) is 6.07 Å². The van der Waals surface area contributed by atoms with Crippen molar-refractivity contribution >= 4 is 8.25 Å². The highest BCUT2D eigenvalue weighted by Crippen LogP contribution is 2.46. The fraction of sp³-hybridized carbons (Fsp3) is 0.250. The van der Waals surface area contributed by atoms with Crippen molar-refractivity contribution in [3.8, 4) is 28.0 Å². The molecule has 0 aliphatic rings. The zero-order valence-corrected chi connectivity index (χ0v) is 18.3. The normalized spacial score (nSPS) is 12.1. The summed E-state index contributed by atoms with van der Waals surface area (Å²) in [7, 11) is -3.12. The Bertz CT molecular complexity index is 1040. The molecule has 0 heterocycles. The summed E-state index contributed by atoms with van der Waals surface area (Å²) in [5.41, 5.74) is 11.1. The smallest absolute Gasteiger partial charge is 0.365 e. The predicted molar refractivity (Wildman–Crippen MR) is 118 cm³/mol. The SMILES string of the molecule is Cc1cc(C)c(-c2cccc(O[PH](=O)O)c2-c2c(C)cc(C)cc2C)c(C)c1. The van der Waals surface area contributed by atoms with Crippen LogP contribution in [0.5, 0.6) is 5.75 Å². The fourth-order valence-electron chi connectivity index (χ4n) is 4.36. The minimum absolute atomic E-state index is 0.443. The second-order valence-corrected chi connectivity index (χ2v) is 8.33. The van der Waals surface area contributed by atoms with Crippen LogP contribution < -0.4 is 4.52 Å². The molecule has 0 fully saturated rings. The molecule has 0 saturated carbocycles. The Hall–Kier alpha value is -2.35. The number of hydrogen-bond acceptors (Lipinski definition) is 2. The van der Waals surface area contributed by atoms with Crippen molar-refractivity contribution in [1.82, 2.24) is 0 Å². The molecule has 0 aliphatic heterocycles. The minimum Gasteiger partial charge on any atom is -0.426 e. The zero-order valence-electron chi connectivity index (χ0n) is 17.3. The molecule has 1 atom stereocenters. The highest BCUT2D eigenvalue weighted by Gasteiger charge is 2.20.